The van der Waals surface area contributed by atoms with E-state index < -0.39 is 0 Å². The summed E-state index contributed by atoms with van der Waals surface area (Å²) >= 11 is 1.48. The molecular formula is C18H22N2OS. The molecule has 1 amide bonds. The van der Waals surface area contributed by atoms with Gasteiger partial charge in [-0.2, -0.15) is 0 Å². The number of rotatable bonds is 4. The van der Waals surface area contributed by atoms with E-state index in [1.165, 1.54) is 28.9 Å². The van der Waals surface area contributed by atoms with Crippen LogP contribution in [0.4, 0.5) is 0 Å². The summed E-state index contributed by atoms with van der Waals surface area (Å²) in [6.07, 6.45) is 4.60. The lowest BCUT2D eigenvalue weighted by Gasteiger charge is -2.32. The van der Waals surface area contributed by atoms with E-state index in [1.807, 2.05) is 10.3 Å². The van der Waals surface area contributed by atoms with Gasteiger partial charge in [-0.1, -0.05) is 24.3 Å². The predicted molar refractivity (Wildman–Crippen MR) is 90.2 cm³/mol. The van der Waals surface area contributed by atoms with Crippen molar-refractivity contribution in [3.8, 4) is 0 Å². The van der Waals surface area contributed by atoms with Crippen LogP contribution in [0.15, 0.2) is 35.2 Å². The molecule has 0 N–H and O–H groups in total. The van der Waals surface area contributed by atoms with Crippen molar-refractivity contribution in [1.82, 2.24) is 9.88 Å². The molecule has 1 aliphatic heterocycles. The minimum absolute atomic E-state index is 0.0989. The highest BCUT2D eigenvalue weighted by atomic mass is 32.1. The Bertz CT molecular complexity index is 624. The number of thiazole rings is 1. The largest absolute Gasteiger partial charge is 0.337 e. The summed E-state index contributed by atoms with van der Waals surface area (Å²) < 4.78 is 0. The predicted octanol–water partition coefficient (Wildman–Crippen LogP) is 3.94. The second-order valence-corrected chi connectivity index (χ2v) is 6.82. The molecule has 22 heavy (non-hydrogen) atoms. The lowest BCUT2D eigenvalue weighted by Crippen LogP contribution is -2.40. The number of carbonyl (C=O) groups is 1. The number of nitrogens with zero attached hydrogens (tertiary/aromatic N) is 2. The molecule has 2 heterocycles. The van der Waals surface area contributed by atoms with Gasteiger partial charge in [0, 0.05) is 18.5 Å². The second-order valence-electron chi connectivity index (χ2n) is 6.10. The van der Waals surface area contributed by atoms with E-state index in [-0.39, 0.29) is 5.91 Å². The van der Waals surface area contributed by atoms with Crippen LogP contribution >= 0.6 is 11.3 Å². The highest BCUT2D eigenvalue weighted by Crippen LogP contribution is 2.23. The highest BCUT2D eigenvalue weighted by Gasteiger charge is 2.25. The molecule has 1 fully saturated rings. The Labute approximate surface area is 136 Å². The van der Waals surface area contributed by atoms with Crippen molar-refractivity contribution >= 4 is 17.2 Å². The number of benzene rings is 1. The van der Waals surface area contributed by atoms with Crippen molar-refractivity contribution in [1.29, 1.82) is 0 Å². The van der Waals surface area contributed by atoms with Crippen molar-refractivity contribution in [2.75, 3.05) is 13.1 Å². The fourth-order valence-corrected chi connectivity index (χ4v) is 3.74. The molecule has 3 nitrogen and oxygen atoms in total. The van der Waals surface area contributed by atoms with Gasteiger partial charge >= 0.3 is 0 Å². The minimum atomic E-state index is 0.0989. The number of aryl methyl sites for hydroxylation is 2. The zero-order valence-corrected chi connectivity index (χ0v) is 13.8. The average Bonchev–Trinajstić information content (AvgIpc) is 3.08. The van der Waals surface area contributed by atoms with E-state index >= 15 is 0 Å². The molecule has 4 heteroatoms. The Morgan fingerprint density at radius 3 is 3.05 bits per heavy atom. The standard InChI is InChI=1S/C18H22N2OS/c1-14-5-2-3-7-16(14)9-8-15-6-4-10-20(11-15)18(21)17-12-22-13-19-17/h2-3,5,7,12-13,15H,4,6,8-11H2,1H3/t15-/m0/s1. The number of aromatic nitrogens is 1. The van der Waals surface area contributed by atoms with Crippen LogP contribution in [-0.2, 0) is 6.42 Å². The summed E-state index contributed by atoms with van der Waals surface area (Å²) in [6.45, 7) is 3.92. The monoisotopic (exact) mass is 314 g/mol. The third-order valence-electron chi connectivity index (χ3n) is 4.54. The van der Waals surface area contributed by atoms with Crippen molar-refractivity contribution in [2.24, 2.45) is 5.92 Å². The SMILES string of the molecule is Cc1ccccc1CC[C@@H]1CCCN(C(=O)c2cscn2)C1. The van der Waals surface area contributed by atoms with E-state index in [1.54, 1.807) is 5.51 Å². The molecule has 116 valence electrons. The van der Waals surface area contributed by atoms with Gasteiger partial charge in [-0.25, -0.2) is 4.98 Å². The Morgan fingerprint density at radius 2 is 2.27 bits per heavy atom. The van der Waals surface area contributed by atoms with Gasteiger partial charge < -0.3 is 4.90 Å². The summed E-state index contributed by atoms with van der Waals surface area (Å²) in [6, 6.07) is 8.60. The molecule has 1 saturated heterocycles. The minimum Gasteiger partial charge on any atom is -0.337 e. The smallest absolute Gasteiger partial charge is 0.273 e. The van der Waals surface area contributed by atoms with Crippen LogP contribution < -0.4 is 0 Å². The van der Waals surface area contributed by atoms with Gasteiger partial charge in [-0.3, -0.25) is 4.79 Å². The molecule has 0 saturated carbocycles. The molecule has 1 aromatic heterocycles. The van der Waals surface area contributed by atoms with Crippen LogP contribution in [-0.4, -0.2) is 28.9 Å². The maximum Gasteiger partial charge on any atom is 0.273 e. The van der Waals surface area contributed by atoms with Gasteiger partial charge in [-0.15, -0.1) is 11.3 Å². The molecule has 1 atom stereocenters. The van der Waals surface area contributed by atoms with E-state index in [4.69, 9.17) is 0 Å². The fraction of sp³-hybridized carbons (Fsp3) is 0.444. The molecule has 0 aliphatic carbocycles. The lowest BCUT2D eigenvalue weighted by molar-refractivity contribution is 0.0663. The summed E-state index contributed by atoms with van der Waals surface area (Å²) in [5.41, 5.74) is 5.14. The third kappa shape index (κ3) is 3.55. The second kappa shape index (κ2) is 7.05. The van der Waals surface area contributed by atoms with Gasteiger partial charge in [0.15, 0.2) is 0 Å². The van der Waals surface area contributed by atoms with Gasteiger partial charge in [0.05, 0.1) is 5.51 Å². The Kier molecular flexibility index (Phi) is 4.88. The van der Waals surface area contributed by atoms with Gasteiger partial charge in [0.25, 0.3) is 5.91 Å². The molecule has 0 radical (unpaired) electrons. The highest BCUT2D eigenvalue weighted by molar-refractivity contribution is 7.07. The molecule has 0 spiro atoms. The first-order valence-corrected chi connectivity index (χ1v) is 8.90. The number of carbonyl (C=O) groups excluding carboxylic acids is 1. The normalized spacial score (nSPS) is 18.4. The fourth-order valence-electron chi connectivity index (χ4n) is 3.22. The molecule has 0 bridgehead atoms. The van der Waals surface area contributed by atoms with Crippen LogP contribution in [0, 0.1) is 12.8 Å². The maximum absolute atomic E-state index is 12.4. The average molecular weight is 314 g/mol. The molecule has 1 aliphatic rings. The number of amides is 1. The van der Waals surface area contributed by atoms with Crippen LogP contribution in [0.3, 0.4) is 0 Å². The van der Waals surface area contributed by atoms with Crippen LogP contribution in [0.1, 0.15) is 40.9 Å². The summed E-state index contributed by atoms with van der Waals surface area (Å²) in [5, 5.41) is 1.85. The van der Waals surface area contributed by atoms with E-state index in [0.29, 0.717) is 11.6 Å². The molecular weight excluding hydrogens is 292 g/mol. The topological polar surface area (TPSA) is 33.2 Å². The van der Waals surface area contributed by atoms with E-state index in [9.17, 15) is 4.79 Å². The summed E-state index contributed by atoms with van der Waals surface area (Å²) in [4.78, 5) is 18.5. The Balaban J connectivity index is 1.57. The number of piperidine rings is 1. The van der Waals surface area contributed by atoms with Crippen LogP contribution in [0.5, 0.6) is 0 Å². The van der Waals surface area contributed by atoms with Gasteiger partial charge in [-0.05, 0) is 49.7 Å². The number of hydrogen-bond acceptors (Lipinski definition) is 3. The quantitative estimate of drug-likeness (QED) is 0.856. The van der Waals surface area contributed by atoms with E-state index in [2.05, 4.69) is 36.2 Å². The zero-order valence-electron chi connectivity index (χ0n) is 13.0. The van der Waals surface area contributed by atoms with Gasteiger partial charge in [0.1, 0.15) is 5.69 Å². The first-order valence-electron chi connectivity index (χ1n) is 7.96. The molecule has 2 aromatic rings. The van der Waals surface area contributed by atoms with Crippen molar-refractivity contribution in [3.05, 3.63) is 52.0 Å². The zero-order chi connectivity index (χ0) is 15.4. The van der Waals surface area contributed by atoms with Crippen molar-refractivity contribution in [3.63, 3.8) is 0 Å². The van der Waals surface area contributed by atoms with Crippen molar-refractivity contribution < 1.29 is 4.79 Å². The first kappa shape index (κ1) is 15.2. The Hall–Kier alpha value is -1.68. The summed E-state index contributed by atoms with van der Waals surface area (Å²) in [7, 11) is 0. The molecule has 3 rings (SSSR count). The Morgan fingerprint density at radius 1 is 1.41 bits per heavy atom. The van der Waals surface area contributed by atoms with Crippen molar-refractivity contribution in [2.45, 2.75) is 32.6 Å². The lowest BCUT2D eigenvalue weighted by atomic mass is 9.90. The number of likely N-dealkylation sites (tertiary alicyclic amines) is 1. The molecule has 1 aromatic carbocycles. The van der Waals surface area contributed by atoms with Crippen LogP contribution in [0.25, 0.3) is 0 Å². The molecule has 0 unspecified atom stereocenters. The first-order chi connectivity index (χ1) is 10.7. The van der Waals surface area contributed by atoms with Gasteiger partial charge in [0.2, 0.25) is 0 Å². The van der Waals surface area contributed by atoms with E-state index in [0.717, 1.165) is 32.4 Å². The van der Waals surface area contributed by atoms with Crippen LogP contribution in [0.2, 0.25) is 0 Å². The maximum atomic E-state index is 12.4. The number of hydrogen-bond donors (Lipinski definition) is 0. The third-order valence-corrected chi connectivity index (χ3v) is 5.13. The summed E-state index contributed by atoms with van der Waals surface area (Å²) in [5.74, 6) is 0.706.